The normalized spacial score (nSPS) is 25.8. The lowest BCUT2D eigenvalue weighted by Gasteiger charge is -2.35. The Labute approximate surface area is 119 Å². The maximum absolute atomic E-state index is 12.7. The molecule has 20 heavy (non-hydrogen) atoms. The molecule has 4 heteroatoms. The Balaban J connectivity index is 1.84. The summed E-state index contributed by atoms with van der Waals surface area (Å²) in [6.07, 6.45) is 2.56. The highest BCUT2D eigenvalue weighted by Crippen LogP contribution is 2.28. The van der Waals surface area contributed by atoms with E-state index in [4.69, 9.17) is 0 Å². The molecule has 0 saturated carbocycles. The lowest BCUT2D eigenvalue weighted by atomic mass is 9.94. The van der Waals surface area contributed by atoms with Crippen molar-refractivity contribution in [2.45, 2.75) is 32.3 Å². The topological polar surface area (TPSA) is 52.6 Å². The van der Waals surface area contributed by atoms with E-state index in [9.17, 15) is 9.90 Å². The van der Waals surface area contributed by atoms with Crippen LogP contribution in [0.1, 0.15) is 35.7 Å². The summed E-state index contributed by atoms with van der Waals surface area (Å²) in [5.41, 5.74) is 3.04. The lowest BCUT2D eigenvalue weighted by molar-refractivity contribution is 0.0298. The van der Waals surface area contributed by atoms with E-state index >= 15 is 0 Å². The summed E-state index contributed by atoms with van der Waals surface area (Å²) in [6, 6.07) is 5.98. The van der Waals surface area contributed by atoms with Gasteiger partial charge in [0.2, 0.25) is 0 Å². The molecular weight excluding hydrogens is 252 g/mol. The van der Waals surface area contributed by atoms with Gasteiger partial charge in [-0.3, -0.25) is 4.79 Å². The van der Waals surface area contributed by atoms with Crippen LogP contribution in [0, 0.1) is 5.92 Å². The Morgan fingerprint density at radius 1 is 1.45 bits per heavy atom. The van der Waals surface area contributed by atoms with Gasteiger partial charge in [0.05, 0.1) is 17.4 Å². The van der Waals surface area contributed by atoms with Crippen LogP contribution >= 0.6 is 0 Å². The highest BCUT2D eigenvalue weighted by Gasteiger charge is 2.29. The van der Waals surface area contributed by atoms with Crippen LogP contribution in [-0.4, -0.2) is 41.7 Å². The maximum Gasteiger partial charge on any atom is 0.255 e. The van der Waals surface area contributed by atoms with Gasteiger partial charge in [-0.2, -0.15) is 0 Å². The zero-order valence-corrected chi connectivity index (χ0v) is 11.9. The van der Waals surface area contributed by atoms with Gasteiger partial charge in [0.25, 0.3) is 5.91 Å². The third kappa shape index (κ3) is 2.40. The molecule has 1 amide bonds. The summed E-state index contributed by atoms with van der Waals surface area (Å²) in [4.78, 5) is 14.6. The lowest BCUT2D eigenvalue weighted by Crippen LogP contribution is -2.45. The standard InChI is InChI=1S/C16H22N2O2/c1-11-10-18(9-7-14(11)19)16(20)13-6-2-4-12-5-3-8-17-15(12)13/h2,4,6,11,14,17,19H,3,5,7-10H2,1H3. The number of nitrogens with one attached hydrogen (secondary N) is 1. The first-order valence-corrected chi connectivity index (χ1v) is 7.50. The van der Waals surface area contributed by atoms with E-state index in [1.165, 1.54) is 5.56 Å². The number of piperidine rings is 1. The fourth-order valence-corrected chi connectivity index (χ4v) is 3.18. The van der Waals surface area contributed by atoms with Crippen LogP contribution in [-0.2, 0) is 6.42 Å². The van der Waals surface area contributed by atoms with Crippen LogP contribution in [0.25, 0.3) is 0 Å². The van der Waals surface area contributed by atoms with Crippen molar-refractivity contribution in [2.24, 2.45) is 5.92 Å². The monoisotopic (exact) mass is 274 g/mol. The molecule has 0 bridgehead atoms. The molecule has 2 unspecified atom stereocenters. The van der Waals surface area contributed by atoms with E-state index in [1.54, 1.807) is 0 Å². The summed E-state index contributed by atoms with van der Waals surface area (Å²) < 4.78 is 0. The van der Waals surface area contributed by atoms with Gasteiger partial charge in [0.15, 0.2) is 0 Å². The number of para-hydroxylation sites is 1. The van der Waals surface area contributed by atoms with Gasteiger partial charge in [-0.25, -0.2) is 0 Å². The number of rotatable bonds is 1. The Kier molecular flexibility index (Phi) is 3.66. The molecule has 0 radical (unpaired) electrons. The number of hydrogen-bond acceptors (Lipinski definition) is 3. The van der Waals surface area contributed by atoms with Gasteiger partial charge >= 0.3 is 0 Å². The van der Waals surface area contributed by atoms with Crippen molar-refractivity contribution in [3.8, 4) is 0 Å². The molecule has 0 aromatic heterocycles. The second-order valence-corrected chi connectivity index (χ2v) is 5.95. The van der Waals surface area contributed by atoms with Crippen molar-refractivity contribution in [1.29, 1.82) is 0 Å². The van der Waals surface area contributed by atoms with E-state index in [0.29, 0.717) is 19.5 Å². The number of amides is 1. The van der Waals surface area contributed by atoms with Crippen LogP contribution in [0.4, 0.5) is 5.69 Å². The first kappa shape index (κ1) is 13.4. The van der Waals surface area contributed by atoms with Crippen molar-refractivity contribution in [3.05, 3.63) is 29.3 Å². The van der Waals surface area contributed by atoms with E-state index in [1.807, 2.05) is 24.0 Å². The minimum absolute atomic E-state index is 0.0926. The smallest absolute Gasteiger partial charge is 0.255 e. The number of anilines is 1. The zero-order valence-electron chi connectivity index (χ0n) is 11.9. The predicted octanol–water partition coefficient (Wildman–Crippen LogP) is 1.89. The molecule has 3 rings (SSSR count). The fourth-order valence-electron chi connectivity index (χ4n) is 3.18. The third-order valence-corrected chi connectivity index (χ3v) is 4.45. The molecular formula is C16H22N2O2. The van der Waals surface area contributed by atoms with E-state index in [2.05, 4.69) is 11.4 Å². The van der Waals surface area contributed by atoms with Crippen molar-refractivity contribution >= 4 is 11.6 Å². The Morgan fingerprint density at radius 2 is 2.30 bits per heavy atom. The third-order valence-electron chi connectivity index (χ3n) is 4.45. The minimum atomic E-state index is -0.276. The molecule has 2 N–H and O–H groups in total. The molecule has 2 atom stereocenters. The highest BCUT2D eigenvalue weighted by atomic mass is 16.3. The number of hydrogen-bond donors (Lipinski definition) is 2. The zero-order chi connectivity index (χ0) is 14.1. The van der Waals surface area contributed by atoms with E-state index in [0.717, 1.165) is 30.6 Å². The summed E-state index contributed by atoms with van der Waals surface area (Å²) in [5.74, 6) is 0.246. The molecule has 1 saturated heterocycles. The maximum atomic E-state index is 12.7. The Bertz CT molecular complexity index is 515. The molecule has 1 aromatic rings. The average Bonchev–Trinajstić information content (AvgIpc) is 2.49. The average molecular weight is 274 g/mol. The Hall–Kier alpha value is -1.55. The summed E-state index contributed by atoms with van der Waals surface area (Å²) in [7, 11) is 0. The molecule has 2 heterocycles. The number of fused-ring (bicyclic) bond motifs is 1. The fraction of sp³-hybridized carbons (Fsp3) is 0.562. The van der Waals surface area contributed by atoms with Gasteiger partial charge in [0.1, 0.15) is 0 Å². The molecule has 1 fully saturated rings. The molecule has 4 nitrogen and oxygen atoms in total. The van der Waals surface area contributed by atoms with Crippen LogP contribution in [0.2, 0.25) is 0 Å². The van der Waals surface area contributed by atoms with Gasteiger partial charge in [-0.15, -0.1) is 0 Å². The van der Waals surface area contributed by atoms with Crippen LogP contribution in [0.3, 0.4) is 0 Å². The number of benzene rings is 1. The number of carbonyl (C=O) groups is 1. The highest BCUT2D eigenvalue weighted by molar-refractivity contribution is 6.00. The minimum Gasteiger partial charge on any atom is -0.393 e. The summed E-state index contributed by atoms with van der Waals surface area (Å²) >= 11 is 0. The number of aryl methyl sites for hydroxylation is 1. The van der Waals surface area contributed by atoms with Gasteiger partial charge in [0, 0.05) is 19.6 Å². The van der Waals surface area contributed by atoms with Crippen LogP contribution < -0.4 is 5.32 Å². The number of aliphatic hydroxyl groups is 1. The molecule has 108 valence electrons. The molecule has 1 aromatic carbocycles. The van der Waals surface area contributed by atoms with Crippen molar-refractivity contribution in [3.63, 3.8) is 0 Å². The first-order valence-electron chi connectivity index (χ1n) is 7.50. The number of carbonyl (C=O) groups excluding carboxylic acids is 1. The quantitative estimate of drug-likeness (QED) is 0.822. The second-order valence-electron chi connectivity index (χ2n) is 5.95. The number of nitrogens with zero attached hydrogens (tertiary/aromatic N) is 1. The molecule has 2 aliphatic heterocycles. The number of aliphatic hydroxyl groups excluding tert-OH is 1. The predicted molar refractivity (Wildman–Crippen MR) is 78.9 cm³/mol. The largest absolute Gasteiger partial charge is 0.393 e. The Morgan fingerprint density at radius 3 is 3.10 bits per heavy atom. The van der Waals surface area contributed by atoms with Crippen LogP contribution in [0.15, 0.2) is 18.2 Å². The summed E-state index contributed by atoms with van der Waals surface area (Å²) in [6.45, 7) is 4.23. The van der Waals surface area contributed by atoms with Crippen molar-refractivity contribution in [2.75, 3.05) is 25.0 Å². The molecule has 0 spiro atoms. The van der Waals surface area contributed by atoms with Gasteiger partial charge in [-0.05, 0) is 36.8 Å². The summed E-state index contributed by atoms with van der Waals surface area (Å²) in [5, 5.41) is 13.2. The van der Waals surface area contributed by atoms with E-state index in [-0.39, 0.29) is 17.9 Å². The van der Waals surface area contributed by atoms with Crippen molar-refractivity contribution < 1.29 is 9.90 Å². The molecule has 2 aliphatic rings. The van der Waals surface area contributed by atoms with Crippen LogP contribution in [0.5, 0.6) is 0 Å². The van der Waals surface area contributed by atoms with E-state index < -0.39 is 0 Å². The molecule has 0 aliphatic carbocycles. The second kappa shape index (κ2) is 5.44. The van der Waals surface area contributed by atoms with Gasteiger partial charge < -0.3 is 15.3 Å². The van der Waals surface area contributed by atoms with Gasteiger partial charge in [-0.1, -0.05) is 19.1 Å². The number of likely N-dealkylation sites (tertiary alicyclic amines) is 1. The first-order chi connectivity index (χ1) is 9.66. The SMILES string of the molecule is CC1CN(C(=O)c2cccc3c2NCCC3)CCC1O. The van der Waals surface area contributed by atoms with Crippen molar-refractivity contribution in [1.82, 2.24) is 4.90 Å².